The third kappa shape index (κ3) is 5.34. The first-order valence-corrected chi connectivity index (χ1v) is 4.83. The number of carboxylic acid groups (broad SMARTS) is 2. The van der Waals surface area contributed by atoms with Gasteiger partial charge in [0.25, 0.3) is 0 Å². The molecule has 0 heterocycles. The molecule has 0 spiro atoms. The minimum absolute atomic E-state index is 0.315. The number of hydrogen-bond donors (Lipinski definition) is 4. The Morgan fingerprint density at radius 1 is 1.13 bits per heavy atom. The highest BCUT2D eigenvalue weighted by molar-refractivity contribution is 5.73. The van der Waals surface area contributed by atoms with Gasteiger partial charge in [0.15, 0.2) is 0 Å². The SMILES string of the molecule is C[C@H](C(=O)O)C(N)CCC[C@H](N)C(=O)O. The van der Waals surface area contributed by atoms with E-state index in [0.29, 0.717) is 19.3 Å². The molecule has 0 aliphatic rings. The van der Waals surface area contributed by atoms with E-state index in [-0.39, 0.29) is 0 Å². The lowest BCUT2D eigenvalue weighted by Gasteiger charge is -2.16. The Morgan fingerprint density at radius 3 is 2.07 bits per heavy atom. The van der Waals surface area contributed by atoms with Crippen molar-refractivity contribution in [2.45, 2.75) is 38.3 Å². The van der Waals surface area contributed by atoms with E-state index in [9.17, 15) is 9.59 Å². The van der Waals surface area contributed by atoms with Crippen LogP contribution in [0.25, 0.3) is 0 Å². The molecule has 88 valence electrons. The Balaban J connectivity index is 3.77. The van der Waals surface area contributed by atoms with Crippen LogP contribution in [0.15, 0.2) is 0 Å². The lowest BCUT2D eigenvalue weighted by Crippen LogP contribution is -2.34. The molecule has 6 heteroatoms. The molecule has 0 saturated carbocycles. The van der Waals surface area contributed by atoms with Crippen LogP contribution in [0.1, 0.15) is 26.2 Å². The van der Waals surface area contributed by atoms with Crippen molar-refractivity contribution in [1.82, 2.24) is 0 Å². The number of rotatable bonds is 7. The zero-order valence-electron chi connectivity index (χ0n) is 8.72. The van der Waals surface area contributed by atoms with Gasteiger partial charge in [-0.25, -0.2) is 0 Å². The van der Waals surface area contributed by atoms with E-state index in [4.69, 9.17) is 21.7 Å². The summed E-state index contributed by atoms with van der Waals surface area (Å²) >= 11 is 0. The van der Waals surface area contributed by atoms with Gasteiger partial charge in [0.1, 0.15) is 6.04 Å². The molecule has 6 N–H and O–H groups in total. The third-order valence-electron chi connectivity index (χ3n) is 2.40. The van der Waals surface area contributed by atoms with E-state index in [1.54, 1.807) is 0 Å². The highest BCUT2D eigenvalue weighted by Crippen LogP contribution is 2.09. The van der Waals surface area contributed by atoms with Crippen molar-refractivity contribution < 1.29 is 19.8 Å². The molecule has 0 saturated heterocycles. The summed E-state index contributed by atoms with van der Waals surface area (Å²) in [6.07, 6.45) is 1.30. The van der Waals surface area contributed by atoms with E-state index in [2.05, 4.69) is 0 Å². The zero-order valence-corrected chi connectivity index (χ0v) is 8.72. The average Bonchev–Trinajstić information content (AvgIpc) is 2.15. The zero-order chi connectivity index (χ0) is 12.0. The Kier molecular flexibility index (Phi) is 5.88. The van der Waals surface area contributed by atoms with Gasteiger partial charge < -0.3 is 21.7 Å². The maximum absolute atomic E-state index is 10.5. The van der Waals surface area contributed by atoms with Gasteiger partial charge in [-0.3, -0.25) is 9.59 Å². The fraction of sp³-hybridized carbons (Fsp3) is 0.778. The second-order valence-electron chi connectivity index (χ2n) is 3.67. The lowest BCUT2D eigenvalue weighted by molar-refractivity contribution is -0.142. The molecule has 15 heavy (non-hydrogen) atoms. The summed E-state index contributed by atoms with van der Waals surface area (Å²) in [6.45, 7) is 1.53. The maximum Gasteiger partial charge on any atom is 0.320 e. The molecule has 0 fully saturated rings. The number of nitrogens with two attached hydrogens (primary N) is 2. The molecule has 3 atom stereocenters. The molecule has 0 aliphatic carbocycles. The lowest BCUT2D eigenvalue weighted by atomic mass is 9.96. The number of carboxylic acids is 2. The molecule has 6 nitrogen and oxygen atoms in total. The first kappa shape index (κ1) is 13.9. The third-order valence-corrected chi connectivity index (χ3v) is 2.40. The maximum atomic E-state index is 10.5. The number of aliphatic carboxylic acids is 2. The second kappa shape index (κ2) is 6.36. The minimum Gasteiger partial charge on any atom is -0.481 e. The highest BCUT2D eigenvalue weighted by Gasteiger charge is 2.20. The summed E-state index contributed by atoms with van der Waals surface area (Å²) in [6, 6.07) is -1.35. The quantitative estimate of drug-likeness (QED) is 0.461. The monoisotopic (exact) mass is 218 g/mol. The van der Waals surface area contributed by atoms with Gasteiger partial charge in [-0.2, -0.15) is 0 Å². The minimum atomic E-state index is -1.05. The van der Waals surface area contributed by atoms with Crippen molar-refractivity contribution in [3.05, 3.63) is 0 Å². The van der Waals surface area contributed by atoms with Crippen molar-refractivity contribution in [3.8, 4) is 0 Å². The van der Waals surface area contributed by atoms with Crippen molar-refractivity contribution in [1.29, 1.82) is 0 Å². The van der Waals surface area contributed by atoms with Crippen LogP contribution in [0.2, 0.25) is 0 Å². The van der Waals surface area contributed by atoms with Gasteiger partial charge >= 0.3 is 11.9 Å². The molecular formula is C9H18N2O4. The topological polar surface area (TPSA) is 127 Å². The molecule has 0 bridgehead atoms. The van der Waals surface area contributed by atoms with E-state index in [1.807, 2.05) is 0 Å². The number of carbonyl (C=O) groups is 2. The van der Waals surface area contributed by atoms with Gasteiger partial charge in [0.2, 0.25) is 0 Å². The molecular weight excluding hydrogens is 200 g/mol. The fourth-order valence-electron chi connectivity index (χ4n) is 1.13. The first-order valence-electron chi connectivity index (χ1n) is 4.83. The Morgan fingerprint density at radius 2 is 1.67 bits per heavy atom. The van der Waals surface area contributed by atoms with Crippen molar-refractivity contribution in [2.24, 2.45) is 17.4 Å². The molecule has 0 aromatic heterocycles. The average molecular weight is 218 g/mol. The van der Waals surface area contributed by atoms with Gasteiger partial charge in [0.05, 0.1) is 5.92 Å². The Bertz CT molecular complexity index is 232. The van der Waals surface area contributed by atoms with Gasteiger partial charge in [-0.05, 0) is 19.3 Å². The molecule has 0 rings (SSSR count). The molecule has 0 aliphatic heterocycles. The van der Waals surface area contributed by atoms with Crippen LogP contribution in [0.4, 0.5) is 0 Å². The van der Waals surface area contributed by atoms with E-state index < -0.39 is 29.9 Å². The smallest absolute Gasteiger partial charge is 0.320 e. The highest BCUT2D eigenvalue weighted by atomic mass is 16.4. The van der Waals surface area contributed by atoms with Crippen molar-refractivity contribution >= 4 is 11.9 Å². The van der Waals surface area contributed by atoms with Crippen LogP contribution < -0.4 is 11.5 Å². The second-order valence-corrected chi connectivity index (χ2v) is 3.67. The summed E-state index contributed by atoms with van der Waals surface area (Å²) in [5, 5.41) is 17.1. The Hall–Kier alpha value is -1.14. The summed E-state index contributed by atoms with van der Waals surface area (Å²) in [7, 11) is 0. The van der Waals surface area contributed by atoms with Crippen molar-refractivity contribution in [3.63, 3.8) is 0 Å². The molecule has 0 aromatic carbocycles. The largest absolute Gasteiger partial charge is 0.481 e. The van der Waals surface area contributed by atoms with Crippen LogP contribution in [0.5, 0.6) is 0 Å². The van der Waals surface area contributed by atoms with Crippen LogP contribution >= 0.6 is 0 Å². The van der Waals surface area contributed by atoms with Crippen LogP contribution in [0.3, 0.4) is 0 Å². The fourth-order valence-corrected chi connectivity index (χ4v) is 1.13. The normalized spacial score (nSPS) is 16.7. The standard InChI is InChI=1S/C9H18N2O4/c1-5(8(12)13)6(10)3-2-4-7(11)9(14)15/h5-7H,2-4,10-11H2,1H3,(H,12,13)(H,14,15)/t5-,6?,7-/m0/s1. The predicted molar refractivity (Wildman–Crippen MR) is 54.2 cm³/mol. The summed E-state index contributed by atoms with van der Waals surface area (Å²) in [4.78, 5) is 20.9. The summed E-state index contributed by atoms with van der Waals surface area (Å²) < 4.78 is 0. The van der Waals surface area contributed by atoms with Crippen LogP contribution in [-0.2, 0) is 9.59 Å². The van der Waals surface area contributed by atoms with Gasteiger partial charge in [-0.15, -0.1) is 0 Å². The van der Waals surface area contributed by atoms with Gasteiger partial charge in [-0.1, -0.05) is 6.92 Å². The molecule has 0 radical (unpaired) electrons. The predicted octanol–water partition coefficient (Wildman–Crippen LogP) is -0.383. The van der Waals surface area contributed by atoms with E-state index in [0.717, 1.165) is 0 Å². The molecule has 0 aromatic rings. The van der Waals surface area contributed by atoms with E-state index in [1.165, 1.54) is 6.92 Å². The van der Waals surface area contributed by atoms with Gasteiger partial charge in [0, 0.05) is 6.04 Å². The van der Waals surface area contributed by atoms with Crippen LogP contribution in [-0.4, -0.2) is 34.2 Å². The van der Waals surface area contributed by atoms with Crippen LogP contribution in [0, 0.1) is 5.92 Å². The molecule has 0 amide bonds. The molecule has 1 unspecified atom stereocenters. The first-order chi connectivity index (χ1) is 6.86. The summed E-state index contributed by atoms with van der Waals surface area (Å²) in [5.74, 6) is -2.61. The summed E-state index contributed by atoms with van der Waals surface area (Å²) in [5.41, 5.74) is 10.9. The van der Waals surface area contributed by atoms with E-state index >= 15 is 0 Å². The Labute approximate surface area is 88.3 Å². The van der Waals surface area contributed by atoms with Crippen molar-refractivity contribution in [2.75, 3.05) is 0 Å². The number of hydrogen-bond acceptors (Lipinski definition) is 4.